The summed E-state index contributed by atoms with van der Waals surface area (Å²) in [6.45, 7) is 1.80. The third kappa shape index (κ3) is 11.9. The van der Waals surface area contributed by atoms with E-state index >= 15 is 0 Å². The third-order valence-corrected chi connectivity index (χ3v) is 11.8. The van der Waals surface area contributed by atoms with Crippen LogP contribution in [0.4, 0.5) is 0 Å². The van der Waals surface area contributed by atoms with Gasteiger partial charge in [0.15, 0.2) is 25.2 Å². The van der Waals surface area contributed by atoms with E-state index in [1.54, 1.807) is 0 Å². The highest BCUT2D eigenvalue weighted by atomic mass is 16.8. The molecule has 344 valence electrons. The molecule has 0 bridgehead atoms. The average molecular weight is 897 g/mol. The highest BCUT2D eigenvalue weighted by Gasteiger charge is 2.47. The zero-order chi connectivity index (χ0) is 44.9. The van der Waals surface area contributed by atoms with Gasteiger partial charge in [-0.25, -0.2) is 0 Å². The van der Waals surface area contributed by atoms with Gasteiger partial charge in [0.25, 0.3) is 0 Å². The number of benzene rings is 6. The van der Waals surface area contributed by atoms with Crippen molar-refractivity contribution in [3.63, 3.8) is 0 Å². The highest BCUT2D eigenvalue weighted by Crippen LogP contribution is 2.38. The van der Waals surface area contributed by atoms with Crippen LogP contribution >= 0.6 is 0 Å². The molecule has 0 saturated carbocycles. The molecule has 12 nitrogen and oxygen atoms in total. The van der Waals surface area contributed by atoms with Crippen LogP contribution < -0.4 is 0 Å². The maximum absolute atomic E-state index is 10.4. The van der Waals surface area contributed by atoms with Gasteiger partial charge < -0.3 is 57.6 Å². The summed E-state index contributed by atoms with van der Waals surface area (Å²) in [6, 6.07) is 59.2. The molecule has 0 aliphatic carbocycles. The second-order valence-corrected chi connectivity index (χ2v) is 16.5. The second-order valence-electron chi connectivity index (χ2n) is 16.5. The number of ether oxygens (including phenoxy) is 10. The molecule has 6 aromatic carbocycles. The van der Waals surface area contributed by atoms with Crippen molar-refractivity contribution in [2.75, 3.05) is 26.4 Å². The van der Waals surface area contributed by atoms with Crippen LogP contribution in [0.3, 0.4) is 0 Å². The minimum absolute atomic E-state index is 0.105. The normalized spacial score (nSPS) is 30.1. The van der Waals surface area contributed by atoms with Gasteiger partial charge in [0.2, 0.25) is 0 Å². The molecule has 4 fully saturated rings. The molecule has 4 aliphatic heterocycles. The Bertz CT molecular complexity index is 2130. The predicted molar refractivity (Wildman–Crippen MR) is 242 cm³/mol. The Labute approximate surface area is 385 Å². The van der Waals surface area contributed by atoms with E-state index < -0.39 is 61.8 Å². The minimum Gasteiger partial charge on any atom is -0.388 e. The molecular weight excluding hydrogens is 841 g/mol. The minimum atomic E-state index is -0.899. The van der Waals surface area contributed by atoms with Crippen molar-refractivity contribution < 1.29 is 57.6 Å². The summed E-state index contributed by atoms with van der Waals surface area (Å²) in [6.07, 6.45) is -7.22. The Balaban J connectivity index is 0.000000182. The van der Waals surface area contributed by atoms with Crippen molar-refractivity contribution in [1.29, 1.82) is 0 Å². The molecule has 10 rings (SSSR count). The molecule has 2 N–H and O–H groups in total. The molecule has 4 unspecified atom stereocenters. The largest absolute Gasteiger partial charge is 0.388 e. The fraction of sp³-hybridized carbons (Fsp3) is 0.333. The zero-order valence-electron chi connectivity index (χ0n) is 36.5. The van der Waals surface area contributed by atoms with Crippen molar-refractivity contribution in [3.8, 4) is 0 Å². The summed E-state index contributed by atoms with van der Waals surface area (Å²) in [5, 5.41) is 20.8. The fourth-order valence-electron chi connectivity index (χ4n) is 8.35. The van der Waals surface area contributed by atoms with Crippen LogP contribution in [-0.2, 0) is 60.6 Å². The van der Waals surface area contributed by atoms with Crippen LogP contribution in [0, 0.1) is 0 Å². The summed E-state index contributed by atoms with van der Waals surface area (Å²) in [7, 11) is 0. The van der Waals surface area contributed by atoms with Crippen molar-refractivity contribution in [2.45, 2.75) is 87.2 Å². The van der Waals surface area contributed by atoms with Crippen LogP contribution in [0.5, 0.6) is 0 Å². The summed E-state index contributed by atoms with van der Waals surface area (Å²) in [5.41, 5.74) is 5.76. The smallest absolute Gasteiger partial charge is 0.184 e. The standard InChI is InChI=1S/C34H34O6.C20H22O6/c1-5-13-25(14-6-1)21-35-29-23-37-33(27-17-9-3-10-18-27)39-31(29)32-30(36-22-26-15-7-2-8-16-26)24-38-34(40-32)28-19-11-4-12-20-28;21-15-11-23-19(13-7-3-1-4-8-13)25-17(15)18-16(22)12-24-20(26-18)14-9-5-2-6-10-14/h1-20,29-34H,21-24H2;1-10,15-22H,11-12H2/t29-,30-,31?,32?,33+,34+;15-,16-,17?,18?,19+,20+/m00/s1. The lowest BCUT2D eigenvalue weighted by atomic mass is 9.99. The number of rotatable bonds is 12. The van der Waals surface area contributed by atoms with Gasteiger partial charge in [-0.1, -0.05) is 182 Å². The van der Waals surface area contributed by atoms with Crippen molar-refractivity contribution in [2.24, 2.45) is 0 Å². The third-order valence-electron chi connectivity index (χ3n) is 11.8. The molecule has 12 heteroatoms. The van der Waals surface area contributed by atoms with Crippen LogP contribution in [0.2, 0.25) is 0 Å². The summed E-state index contributed by atoms with van der Waals surface area (Å²) < 4.78 is 61.7. The molecule has 6 aromatic rings. The Morgan fingerprint density at radius 3 is 0.894 bits per heavy atom. The quantitative estimate of drug-likeness (QED) is 0.122. The monoisotopic (exact) mass is 896 g/mol. The molecular formula is C54H56O12. The highest BCUT2D eigenvalue weighted by molar-refractivity contribution is 5.21. The van der Waals surface area contributed by atoms with E-state index in [4.69, 9.17) is 47.4 Å². The van der Waals surface area contributed by atoms with Crippen LogP contribution in [0.1, 0.15) is 58.5 Å². The Hall–Kier alpha value is -5.16. The van der Waals surface area contributed by atoms with E-state index in [0.717, 1.165) is 33.4 Å². The van der Waals surface area contributed by atoms with E-state index in [1.807, 2.05) is 158 Å². The first kappa shape index (κ1) is 46.0. The molecule has 0 radical (unpaired) electrons. The lowest BCUT2D eigenvalue weighted by Crippen LogP contribution is -2.57. The summed E-state index contributed by atoms with van der Waals surface area (Å²) >= 11 is 0. The van der Waals surface area contributed by atoms with Gasteiger partial charge in [0.05, 0.1) is 39.6 Å². The Morgan fingerprint density at radius 2 is 0.591 bits per heavy atom. The molecule has 12 atom stereocenters. The second kappa shape index (κ2) is 23.0. The Morgan fingerprint density at radius 1 is 0.333 bits per heavy atom. The maximum Gasteiger partial charge on any atom is 0.184 e. The van der Waals surface area contributed by atoms with Gasteiger partial charge in [-0.05, 0) is 11.1 Å². The molecule has 0 spiro atoms. The maximum atomic E-state index is 10.4. The van der Waals surface area contributed by atoms with Crippen LogP contribution in [0.25, 0.3) is 0 Å². The molecule has 0 amide bonds. The number of aliphatic hydroxyl groups excluding tert-OH is 2. The number of aliphatic hydroxyl groups is 2. The predicted octanol–water partition coefficient (Wildman–Crippen LogP) is 8.32. The summed E-state index contributed by atoms with van der Waals surface area (Å²) in [4.78, 5) is 0. The first-order chi connectivity index (χ1) is 32.6. The number of hydrogen-bond donors (Lipinski definition) is 2. The van der Waals surface area contributed by atoms with E-state index in [0.29, 0.717) is 26.4 Å². The molecule has 4 heterocycles. The topological polar surface area (TPSA) is 133 Å². The van der Waals surface area contributed by atoms with Gasteiger partial charge in [-0.2, -0.15) is 0 Å². The lowest BCUT2D eigenvalue weighted by Gasteiger charge is -2.45. The van der Waals surface area contributed by atoms with Crippen molar-refractivity contribution in [1.82, 2.24) is 0 Å². The van der Waals surface area contributed by atoms with Gasteiger partial charge in [0.1, 0.15) is 48.8 Å². The Kier molecular flexibility index (Phi) is 16.0. The van der Waals surface area contributed by atoms with E-state index in [2.05, 4.69) is 24.3 Å². The van der Waals surface area contributed by atoms with Gasteiger partial charge >= 0.3 is 0 Å². The molecule has 4 saturated heterocycles. The van der Waals surface area contributed by atoms with Crippen molar-refractivity contribution >= 4 is 0 Å². The molecule has 4 aliphatic rings. The fourth-order valence-corrected chi connectivity index (χ4v) is 8.35. The molecule has 0 aromatic heterocycles. The first-order valence-electron chi connectivity index (χ1n) is 22.5. The molecule has 66 heavy (non-hydrogen) atoms. The van der Waals surface area contributed by atoms with E-state index in [9.17, 15) is 10.2 Å². The number of hydrogen-bond acceptors (Lipinski definition) is 12. The first-order valence-corrected chi connectivity index (χ1v) is 22.5. The SMILES string of the molecule is O[C@H]1CO[C@@H](c2ccccc2)OC1C1O[C@H](c2ccccc2)OC[C@@H]1O.c1ccc(CO[C@H]2CO[C@@H](c3ccccc3)OC2C2O[C@H](c3ccccc3)OC[C@@H]2OCc2ccccc2)cc1. The van der Waals surface area contributed by atoms with Crippen molar-refractivity contribution in [3.05, 3.63) is 215 Å². The van der Waals surface area contributed by atoms with Gasteiger partial charge in [-0.3, -0.25) is 0 Å². The van der Waals surface area contributed by atoms with Gasteiger partial charge in [0, 0.05) is 22.3 Å². The lowest BCUT2D eigenvalue weighted by molar-refractivity contribution is -0.341. The summed E-state index contributed by atoms with van der Waals surface area (Å²) in [5.74, 6) is 0. The van der Waals surface area contributed by atoms with Crippen LogP contribution in [-0.4, -0.2) is 85.5 Å². The average Bonchev–Trinajstić information content (AvgIpc) is 3.39. The van der Waals surface area contributed by atoms with Gasteiger partial charge in [-0.15, -0.1) is 0 Å². The van der Waals surface area contributed by atoms with Crippen LogP contribution in [0.15, 0.2) is 182 Å². The van der Waals surface area contributed by atoms with E-state index in [1.165, 1.54) is 0 Å². The zero-order valence-corrected chi connectivity index (χ0v) is 36.5. The van der Waals surface area contributed by atoms with E-state index in [-0.39, 0.29) is 25.4 Å².